The number of carbonyl (C=O) groups excluding carboxylic acids is 2. The summed E-state index contributed by atoms with van der Waals surface area (Å²) in [6.07, 6.45) is 0.517. The van der Waals surface area contributed by atoms with Crippen LogP contribution in [0.25, 0.3) is 6.08 Å². The van der Waals surface area contributed by atoms with E-state index in [0.29, 0.717) is 31.9 Å². The summed E-state index contributed by atoms with van der Waals surface area (Å²) in [4.78, 5) is 43.1. The van der Waals surface area contributed by atoms with Gasteiger partial charge in [0.15, 0.2) is 4.80 Å². The molecule has 2 atom stereocenters. The second-order valence-corrected chi connectivity index (χ2v) is 11.9. The molecule has 0 fully saturated rings. The molecule has 0 radical (unpaired) electrons. The van der Waals surface area contributed by atoms with Gasteiger partial charge in [0.1, 0.15) is 5.75 Å². The van der Waals surface area contributed by atoms with Gasteiger partial charge >= 0.3 is 5.97 Å². The van der Waals surface area contributed by atoms with Crippen molar-refractivity contribution in [2.24, 2.45) is 4.99 Å². The molecule has 39 heavy (non-hydrogen) atoms. The molecule has 2 heterocycles. The Morgan fingerprint density at radius 3 is 2.41 bits per heavy atom. The minimum atomic E-state index is -1.89. The van der Waals surface area contributed by atoms with E-state index in [2.05, 4.69) is 10.3 Å². The van der Waals surface area contributed by atoms with Gasteiger partial charge in [0.2, 0.25) is 15.9 Å². The fourth-order valence-electron chi connectivity index (χ4n) is 4.04. The molecule has 12 heteroatoms. The highest BCUT2D eigenvalue weighted by Crippen LogP contribution is 2.32. The van der Waals surface area contributed by atoms with Crippen molar-refractivity contribution in [2.75, 3.05) is 6.61 Å². The highest BCUT2D eigenvalue weighted by atomic mass is 35.6. The van der Waals surface area contributed by atoms with Gasteiger partial charge < -0.3 is 14.8 Å². The molecule has 1 aromatic heterocycles. The first-order valence-electron chi connectivity index (χ1n) is 11.8. The Kier molecular flexibility index (Phi) is 8.86. The molecule has 1 aliphatic rings. The van der Waals surface area contributed by atoms with Crippen LogP contribution in [-0.4, -0.2) is 33.1 Å². The lowest BCUT2D eigenvalue weighted by Crippen LogP contribution is -2.47. The van der Waals surface area contributed by atoms with Crippen molar-refractivity contribution >= 4 is 64.1 Å². The summed E-state index contributed by atoms with van der Waals surface area (Å²) in [7, 11) is 0. The molecule has 0 aliphatic carbocycles. The number of alkyl halides is 3. The number of fused-ring (bicyclic) bond motifs is 1. The molecular formula is C27H24Cl3N3O5S. The monoisotopic (exact) mass is 607 g/mol. The Morgan fingerprint density at radius 2 is 1.82 bits per heavy atom. The van der Waals surface area contributed by atoms with Crippen LogP contribution < -0.4 is 24.9 Å². The van der Waals surface area contributed by atoms with Gasteiger partial charge in [0, 0.05) is 6.92 Å². The van der Waals surface area contributed by atoms with Crippen molar-refractivity contribution in [3.05, 3.63) is 96.7 Å². The lowest BCUT2D eigenvalue weighted by Gasteiger charge is -2.25. The third kappa shape index (κ3) is 6.55. The molecule has 0 bridgehead atoms. The number of rotatable bonds is 7. The fourth-order valence-corrected chi connectivity index (χ4v) is 5.38. The number of ether oxygens (including phenoxy) is 2. The lowest BCUT2D eigenvalue weighted by atomic mass is 9.96. The largest absolute Gasteiger partial charge is 0.466 e. The number of benzene rings is 2. The third-order valence-electron chi connectivity index (χ3n) is 5.70. The predicted molar refractivity (Wildman–Crippen MR) is 152 cm³/mol. The maximum atomic E-state index is 13.7. The summed E-state index contributed by atoms with van der Waals surface area (Å²) < 4.78 is 11.0. The quantitative estimate of drug-likeness (QED) is 0.248. The Hall–Kier alpha value is -3.11. The van der Waals surface area contributed by atoms with Crippen LogP contribution in [0.5, 0.6) is 5.75 Å². The highest BCUT2D eigenvalue weighted by Gasteiger charge is 2.36. The van der Waals surface area contributed by atoms with Crippen LogP contribution in [-0.2, 0) is 14.3 Å². The maximum Gasteiger partial charge on any atom is 0.338 e. The molecule has 204 valence electrons. The molecule has 8 nitrogen and oxygen atoms in total. The number of hydrogen-bond donors (Lipinski definition) is 1. The molecule has 0 saturated carbocycles. The molecule has 2 aromatic carbocycles. The summed E-state index contributed by atoms with van der Waals surface area (Å²) >= 11 is 19.0. The number of allylic oxidation sites excluding steroid dienone is 1. The Bertz CT molecular complexity index is 1590. The first-order chi connectivity index (χ1) is 18.5. The zero-order chi connectivity index (χ0) is 28.3. The Balaban J connectivity index is 1.72. The van der Waals surface area contributed by atoms with Gasteiger partial charge in [-0.05, 0) is 43.2 Å². The number of esters is 1. The van der Waals surface area contributed by atoms with Crippen molar-refractivity contribution in [2.45, 2.75) is 36.8 Å². The normalized spacial score (nSPS) is 16.3. The first kappa shape index (κ1) is 28.9. The average Bonchev–Trinajstić information content (AvgIpc) is 3.18. The van der Waals surface area contributed by atoms with Gasteiger partial charge in [-0.3, -0.25) is 14.2 Å². The second kappa shape index (κ2) is 12.0. The van der Waals surface area contributed by atoms with Crippen LogP contribution in [0.1, 0.15) is 37.9 Å². The second-order valence-electron chi connectivity index (χ2n) is 8.52. The SMILES string of the molecule is CCOC(=O)C1=C(C)N=c2s/c(=C/c3ccc(O[C@H](NC(C)=O)C(Cl)(Cl)Cl)cc3)c(=O)n2[C@H]1c1ccccc1. The van der Waals surface area contributed by atoms with E-state index < -0.39 is 27.9 Å². The van der Waals surface area contributed by atoms with Gasteiger partial charge in [-0.2, -0.15) is 0 Å². The summed E-state index contributed by atoms with van der Waals surface area (Å²) in [6.45, 7) is 4.96. The van der Waals surface area contributed by atoms with E-state index in [9.17, 15) is 14.4 Å². The van der Waals surface area contributed by atoms with Crippen molar-refractivity contribution in [1.29, 1.82) is 0 Å². The molecule has 0 unspecified atom stereocenters. The number of carbonyl (C=O) groups is 2. The summed E-state index contributed by atoms with van der Waals surface area (Å²) in [5.74, 6) is -0.587. The Labute approximate surface area is 243 Å². The zero-order valence-corrected chi connectivity index (χ0v) is 24.2. The molecule has 0 spiro atoms. The lowest BCUT2D eigenvalue weighted by molar-refractivity contribution is -0.139. The van der Waals surface area contributed by atoms with E-state index in [1.54, 1.807) is 44.2 Å². The molecule has 1 aliphatic heterocycles. The van der Waals surface area contributed by atoms with E-state index >= 15 is 0 Å². The van der Waals surface area contributed by atoms with Crippen molar-refractivity contribution < 1.29 is 19.1 Å². The Morgan fingerprint density at radius 1 is 1.15 bits per heavy atom. The van der Waals surface area contributed by atoms with Crippen LogP contribution in [0, 0.1) is 0 Å². The summed E-state index contributed by atoms with van der Waals surface area (Å²) in [5.41, 5.74) is 2.01. The standard InChI is InChI=1S/C27H24Cl3N3O5S/c1-4-37-24(36)21-15(2)31-26-33(22(21)18-8-6-5-7-9-18)23(35)20(39-26)14-17-10-12-19(13-11-17)38-25(27(28,29)30)32-16(3)34/h5-14,22,25H,4H2,1-3H3,(H,32,34)/b20-14+/t22-,25-/m0/s1. The fraction of sp³-hybridized carbons (Fsp3) is 0.259. The number of thiazole rings is 1. The number of aromatic nitrogens is 1. The van der Waals surface area contributed by atoms with Crippen LogP contribution >= 0.6 is 46.1 Å². The van der Waals surface area contributed by atoms with E-state index in [0.717, 1.165) is 5.56 Å². The van der Waals surface area contributed by atoms with Gasteiger partial charge in [-0.1, -0.05) is 88.6 Å². The topological polar surface area (TPSA) is 99.0 Å². The van der Waals surface area contributed by atoms with Crippen LogP contribution in [0.2, 0.25) is 0 Å². The van der Waals surface area contributed by atoms with Crippen molar-refractivity contribution in [1.82, 2.24) is 9.88 Å². The number of hydrogen-bond acceptors (Lipinski definition) is 7. The average molecular weight is 609 g/mol. The van der Waals surface area contributed by atoms with E-state index in [-0.39, 0.29) is 12.2 Å². The predicted octanol–water partition coefficient (Wildman–Crippen LogP) is 4.01. The van der Waals surface area contributed by atoms with Crippen LogP contribution in [0.3, 0.4) is 0 Å². The maximum absolute atomic E-state index is 13.7. The molecular weight excluding hydrogens is 585 g/mol. The van der Waals surface area contributed by atoms with Crippen molar-refractivity contribution in [3.8, 4) is 5.75 Å². The number of nitrogens with zero attached hydrogens (tertiary/aromatic N) is 2. The highest BCUT2D eigenvalue weighted by molar-refractivity contribution is 7.07. The molecule has 1 amide bonds. The first-order valence-corrected chi connectivity index (χ1v) is 13.8. The minimum Gasteiger partial charge on any atom is -0.466 e. The smallest absolute Gasteiger partial charge is 0.338 e. The zero-order valence-electron chi connectivity index (χ0n) is 21.1. The van der Waals surface area contributed by atoms with Crippen LogP contribution in [0.15, 0.2) is 75.7 Å². The summed E-state index contributed by atoms with van der Waals surface area (Å²) in [6, 6.07) is 15.3. The van der Waals surface area contributed by atoms with Gasteiger partial charge in [0.05, 0.1) is 28.5 Å². The molecule has 0 saturated heterocycles. The van der Waals surface area contributed by atoms with Crippen LogP contribution in [0.4, 0.5) is 0 Å². The van der Waals surface area contributed by atoms with E-state index in [4.69, 9.17) is 44.3 Å². The summed E-state index contributed by atoms with van der Waals surface area (Å²) in [5, 5.41) is 2.44. The third-order valence-corrected chi connectivity index (χ3v) is 7.27. The van der Waals surface area contributed by atoms with E-state index in [1.807, 2.05) is 30.3 Å². The molecule has 1 N–H and O–H groups in total. The number of amides is 1. The van der Waals surface area contributed by atoms with Crippen molar-refractivity contribution in [3.63, 3.8) is 0 Å². The van der Waals surface area contributed by atoms with E-state index in [1.165, 1.54) is 22.8 Å². The van der Waals surface area contributed by atoms with Gasteiger partial charge in [-0.25, -0.2) is 9.79 Å². The molecule has 4 rings (SSSR count). The number of halogens is 3. The van der Waals surface area contributed by atoms with Gasteiger partial charge in [-0.15, -0.1) is 0 Å². The van der Waals surface area contributed by atoms with Gasteiger partial charge in [0.25, 0.3) is 5.56 Å². The number of nitrogens with one attached hydrogen (secondary N) is 1. The molecule has 3 aromatic rings. The minimum absolute atomic E-state index is 0.203.